The molecule has 1 N–H and O–H groups in total. The van der Waals surface area contributed by atoms with Gasteiger partial charge in [-0.3, -0.25) is 9.59 Å². The minimum absolute atomic E-state index is 0.0182. The first-order chi connectivity index (χ1) is 11.4. The molecule has 5 heteroatoms. The van der Waals surface area contributed by atoms with Gasteiger partial charge in [0, 0.05) is 38.1 Å². The number of nitrogens with one attached hydrogen (secondary N) is 1. The highest BCUT2D eigenvalue weighted by atomic mass is 16.2. The van der Waals surface area contributed by atoms with Crippen molar-refractivity contribution in [2.24, 2.45) is 0 Å². The monoisotopic (exact) mass is 325 g/mol. The van der Waals surface area contributed by atoms with Crippen LogP contribution < -0.4 is 15.1 Å². The second-order valence-electron chi connectivity index (χ2n) is 5.88. The fraction of sp³-hybridized carbons (Fsp3) is 0.263. The van der Waals surface area contributed by atoms with Crippen LogP contribution in [0.2, 0.25) is 0 Å². The van der Waals surface area contributed by atoms with Crippen LogP contribution in [0.3, 0.4) is 0 Å². The number of rotatable bonds is 5. The normalized spacial score (nSPS) is 10.2. The van der Waals surface area contributed by atoms with Crippen LogP contribution >= 0.6 is 0 Å². The standard InChI is InChI=1S/C19H23N3O2/c1-14-7-5-6-8-18(14)22(15(2)23)13-19(24)20-16-9-11-17(12-10-16)21(3)4/h5-12H,13H2,1-4H3,(H,20,24). The van der Waals surface area contributed by atoms with E-state index >= 15 is 0 Å². The molecule has 0 unspecified atom stereocenters. The van der Waals surface area contributed by atoms with Crippen LogP contribution in [0.1, 0.15) is 12.5 Å². The van der Waals surface area contributed by atoms with Gasteiger partial charge in [-0.1, -0.05) is 18.2 Å². The Balaban J connectivity index is 2.09. The van der Waals surface area contributed by atoms with Crippen LogP contribution in [0.15, 0.2) is 48.5 Å². The van der Waals surface area contributed by atoms with Crippen molar-refractivity contribution in [3.63, 3.8) is 0 Å². The Labute approximate surface area is 142 Å². The predicted octanol–water partition coefficient (Wildman–Crippen LogP) is 3.05. The molecular weight excluding hydrogens is 302 g/mol. The summed E-state index contributed by atoms with van der Waals surface area (Å²) < 4.78 is 0. The fourth-order valence-electron chi connectivity index (χ4n) is 2.42. The zero-order chi connectivity index (χ0) is 17.7. The zero-order valence-electron chi connectivity index (χ0n) is 14.5. The lowest BCUT2D eigenvalue weighted by Crippen LogP contribution is -2.37. The second kappa shape index (κ2) is 7.64. The topological polar surface area (TPSA) is 52.7 Å². The first-order valence-corrected chi connectivity index (χ1v) is 7.79. The third-order valence-electron chi connectivity index (χ3n) is 3.76. The molecule has 0 atom stereocenters. The van der Waals surface area contributed by atoms with Crippen LogP contribution in [0, 0.1) is 6.92 Å². The molecule has 0 fully saturated rings. The summed E-state index contributed by atoms with van der Waals surface area (Å²) in [5.74, 6) is -0.395. The van der Waals surface area contributed by atoms with Crippen LogP contribution in [-0.4, -0.2) is 32.5 Å². The molecule has 0 aliphatic carbocycles. The average Bonchev–Trinajstić information content (AvgIpc) is 2.53. The molecule has 0 aliphatic rings. The number of benzene rings is 2. The molecule has 5 nitrogen and oxygen atoms in total. The van der Waals surface area contributed by atoms with Gasteiger partial charge >= 0.3 is 0 Å². The smallest absolute Gasteiger partial charge is 0.244 e. The molecule has 126 valence electrons. The molecular formula is C19H23N3O2. The van der Waals surface area contributed by atoms with E-state index in [9.17, 15) is 9.59 Å². The quantitative estimate of drug-likeness (QED) is 0.919. The fourth-order valence-corrected chi connectivity index (χ4v) is 2.42. The number of carbonyl (C=O) groups is 2. The van der Waals surface area contributed by atoms with E-state index in [1.807, 2.05) is 74.4 Å². The van der Waals surface area contributed by atoms with Crippen molar-refractivity contribution in [3.05, 3.63) is 54.1 Å². The van der Waals surface area contributed by atoms with E-state index in [1.54, 1.807) is 0 Å². The van der Waals surface area contributed by atoms with Crippen molar-refractivity contribution in [2.45, 2.75) is 13.8 Å². The summed E-state index contributed by atoms with van der Waals surface area (Å²) in [4.78, 5) is 27.7. The van der Waals surface area contributed by atoms with Crippen molar-refractivity contribution < 1.29 is 9.59 Å². The van der Waals surface area contributed by atoms with Crippen molar-refractivity contribution in [2.75, 3.05) is 35.8 Å². The third-order valence-corrected chi connectivity index (χ3v) is 3.76. The Kier molecular flexibility index (Phi) is 5.58. The average molecular weight is 325 g/mol. The SMILES string of the molecule is CC(=O)N(CC(=O)Nc1ccc(N(C)C)cc1)c1ccccc1C. The minimum Gasteiger partial charge on any atom is -0.378 e. The maximum absolute atomic E-state index is 12.3. The molecule has 0 radical (unpaired) electrons. The summed E-state index contributed by atoms with van der Waals surface area (Å²) in [6.45, 7) is 3.37. The van der Waals surface area contributed by atoms with Crippen molar-refractivity contribution in [1.82, 2.24) is 0 Å². The lowest BCUT2D eigenvalue weighted by atomic mass is 10.2. The molecule has 2 amide bonds. The first-order valence-electron chi connectivity index (χ1n) is 7.79. The minimum atomic E-state index is -0.231. The highest BCUT2D eigenvalue weighted by molar-refractivity contribution is 6.02. The largest absolute Gasteiger partial charge is 0.378 e. The summed E-state index contributed by atoms with van der Waals surface area (Å²) in [5.41, 5.74) is 3.47. The number of anilines is 3. The van der Waals surface area contributed by atoms with Gasteiger partial charge < -0.3 is 15.1 Å². The molecule has 0 bridgehead atoms. The van der Waals surface area contributed by atoms with Crippen molar-refractivity contribution in [3.8, 4) is 0 Å². The number of amides is 2. The molecule has 0 aliphatic heterocycles. The van der Waals surface area contributed by atoms with Gasteiger partial charge in [-0.15, -0.1) is 0 Å². The summed E-state index contributed by atoms with van der Waals surface area (Å²) in [6, 6.07) is 15.1. The van der Waals surface area contributed by atoms with Crippen LogP contribution in [0.4, 0.5) is 17.1 Å². The molecule has 0 spiro atoms. The number of carbonyl (C=O) groups excluding carboxylic acids is 2. The predicted molar refractivity (Wildman–Crippen MR) is 98.6 cm³/mol. The van der Waals surface area contributed by atoms with Gasteiger partial charge in [-0.2, -0.15) is 0 Å². The Hall–Kier alpha value is -2.82. The van der Waals surface area contributed by atoms with E-state index in [0.29, 0.717) is 5.69 Å². The molecule has 0 saturated carbocycles. The lowest BCUT2D eigenvalue weighted by Gasteiger charge is -2.22. The summed E-state index contributed by atoms with van der Waals surface area (Å²) in [6.07, 6.45) is 0. The molecule has 24 heavy (non-hydrogen) atoms. The lowest BCUT2D eigenvalue weighted by molar-refractivity contribution is -0.120. The summed E-state index contributed by atoms with van der Waals surface area (Å²) in [5, 5.41) is 2.83. The maximum atomic E-state index is 12.3. The number of nitrogens with zero attached hydrogens (tertiary/aromatic N) is 2. The molecule has 2 rings (SSSR count). The third kappa shape index (κ3) is 4.35. The van der Waals surface area contributed by atoms with Gasteiger partial charge in [0.1, 0.15) is 6.54 Å². The molecule has 0 heterocycles. The van der Waals surface area contributed by atoms with Gasteiger partial charge in [-0.05, 0) is 42.8 Å². The zero-order valence-corrected chi connectivity index (χ0v) is 14.5. The van der Waals surface area contributed by atoms with E-state index in [0.717, 1.165) is 16.9 Å². The van der Waals surface area contributed by atoms with Gasteiger partial charge in [0.15, 0.2) is 0 Å². The van der Waals surface area contributed by atoms with Crippen molar-refractivity contribution in [1.29, 1.82) is 0 Å². The van der Waals surface area contributed by atoms with Crippen LogP contribution in [0.5, 0.6) is 0 Å². The number of aryl methyl sites for hydroxylation is 1. The highest BCUT2D eigenvalue weighted by Crippen LogP contribution is 2.20. The van der Waals surface area contributed by atoms with Crippen molar-refractivity contribution >= 4 is 28.9 Å². The van der Waals surface area contributed by atoms with Gasteiger partial charge in [0.25, 0.3) is 0 Å². The maximum Gasteiger partial charge on any atom is 0.244 e. The Morgan fingerprint density at radius 3 is 2.17 bits per heavy atom. The summed E-state index contributed by atoms with van der Waals surface area (Å²) in [7, 11) is 3.92. The van der Waals surface area contributed by atoms with E-state index < -0.39 is 0 Å². The Morgan fingerprint density at radius 2 is 1.62 bits per heavy atom. The molecule has 0 aromatic heterocycles. The number of para-hydroxylation sites is 1. The Bertz CT molecular complexity index is 724. The second-order valence-corrected chi connectivity index (χ2v) is 5.88. The van der Waals surface area contributed by atoms with E-state index in [1.165, 1.54) is 11.8 Å². The van der Waals surface area contributed by atoms with Crippen LogP contribution in [-0.2, 0) is 9.59 Å². The first kappa shape index (κ1) is 17.5. The molecule has 2 aromatic rings. The van der Waals surface area contributed by atoms with Crippen LogP contribution in [0.25, 0.3) is 0 Å². The van der Waals surface area contributed by atoms with E-state index in [2.05, 4.69) is 5.32 Å². The van der Waals surface area contributed by atoms with Gasteiger partial charge in [-0.25, -0.2) is 0 Å². The molecule has 0 saturated heterocycles. The van der Waals surface area contributed by atoms with E-state index in [-0.39, 0.29) is 18.4 Å². The van der Waals surface area contributed by atoms with E-state index in [4.69, 9.17) is 0 Å². The number of hydrogen-bond donors (Lipinski definition) is 1. The summed E-state index contributed by atoms with van der Waals surface area (Å²) >= 11 is 0. The highest BCUT2D eigenvalue weighted by Gasteiger charge is 2.17. The number of hydrogen-bond acceptors (Lipinski definition) is 3. The van der Waals surface area contributed by atoms with Gasteiger partial charge in [0.2, 0.25) is 11.8 Å². The molecule has 2 aromatic carbocycles. The Morgan fingerprint density at radius 1 is 1.00 bits per heavy atom. The van der Waals surface area contributed by atoms with Gasteiger partial charge in [0.05, 0.1) is 0 Å².